The van der Waals surface area contributed by atoms with Gasteiger partial charge in [-0.3, -0.25) is 0 Å². The van der Waals surface area contributed by atoms with Gasteiger partial charge in [0, 0.05) is 5.56 Å². The van der Waals surface area contributed by atoms with Gasteiger partial charge in [0.15, 0.2) is 0 Å². The zero-order valence-corrected chi connectivity index (χ0v) is 12.5. The van der Waals surface area contributed by atoms with Crippen molar-refractivity contribution in [3.05, 3.63) is 71.0 Å². The third-order valence-electron chi connectivity index (χ3n) is 3.37. The van der Waals surface area contributed by atoms with Crippen molar-refractivity contribution in [2.75, 3.05) is 0 Å². The third kappa shape index (κ3) is 3.58. The molecule has 0 aliphatic carbocycles. The molecule has 2 rings (SSSR count). The maximum atomic E-state index is 13.8. The van der Waals surface area contributed by atoms with Gasteiger partial charge in [-0.15, -0.1) is 0 Å². The van der Waals surface area contributed by atoms with Crippen molar-refractivity contribution in [1.29, 1.82) is 5.26 Å². The molecule has 0 atom stereocenters. The molecule has 0 spiro atoms. The monoisotopic (exact) mass is 279 g/mol. The second-order valence-corrected chi connectivity index (χ2v) is 6.02. The Morgan fingerprint density at radius 2 is 1.67 bits per heavy atom. The second kappa shape index (κ2) is 5.93. The highest BCUT2D eigenvalue weighted by Crippen LogP contribution is 2.24. The molecule has 0 N–H and O–H groups in total. The Balaban J connectivity index is 2.38. The van der Waals surface area contributed by atoms with Gasteiger partial charge in [0.05, 0.1) is 11.6 Å². The summed E-state index contributed by atoms with van der Waals surface area (Å²) in [6.07, 6.45) is 1.71. The van der Waals surface area contributed by atoms with Crippen LogP contribution in [-0.4, -0.2) is 0 Å². The number of benzene rings is 2. The van der Waals surface area contributed by atoms with Crippen LogP contribution in [0.4, 0.5) is 4.39 Å². The molecule has 0 radical (unpaired) electrons. The summed E-state index contributed by atoms with van der Waals surface area (Å²) < 4.78 is 13.8. The van der Waals surface area contributed by atoms with Crippen LogP contribution in [0.25, 0.3) is 11.6 Å². The van der Waals surface area contributed by atoms with Crippen LogP contribution < -0.4 is 0 Å². The average molecular weight is 279 g/mol. The van der Waals surface area contributed by atoms with E-state index in [0.29, 0.717) is 11.1 Å². The van der Waals surface area contributed by atoms with E-state index in [-0.39, 0.29) is 11.2 Å². The molecule has 0 aliphatic heterocycles. The number of allylic oxidation sites excluding steroid dienone is 1. The van der Waals surface area contributed by atoms with Crippen molar-refractivity contribution >= 4 is 11.6 Å². The molecule has 0 aliphatic rings. The Morgan fingerprint density at radius 1 is 1.05 bits per heavy atom. The molecule has 0 saturated heterocycles. The molecule has 0 unspecified atom stereocenters. The van der Waals surface area contributed by atoms with Gasteiger partial charge >= 0.3 is 0 Å². The number of nitrogens with zero attached hydrogens (tertiary/aromatic N) is 1. The SMILES string of the molecule is CC(C)(C)c1ccc(/C=C(/C#N)c2ccccc2F)cc1. The van der Waals surface area contributed by atoms with E-state index in [9.17, 15) is 9.65 Å². The first-order valence-corrected chi connectivity index (χ1v) is 6.89. The molecule has 0 amide bonds. The van der Waals surface area contributed by atoms with E-state index in [1.165, 1.54) is 11.6 Å². The molecular weight excluding hydrogens is 261 g/mol. The average Bonchev–Trinajstić information content (AvgIpc) is 2.45. The van der Waals surface area contributed by atoms with E-state index in [1.54, 1.807) is 24.3 Å². The van der Waals surface area contributed by atoms with Crippen LogP contribution in [0.5, 0.6) is 0 Å². The molecule has 1 nitrogen and oxygen atoms in total. The number of halogens is 1. The molecule has 2 heteroatoms. The summed E-state index contributed by atoms with van der Waals surface area (Å²) in [6, 6.07) is 16.4. The Kier molecular flexibility index (Phi) is 4.23. The summed E-state index contributed by atoms with van der Waals surface area (Å²) in [7, 11) is 0. The quantitative estimate of drug-likeness (QED) is 0.548. The van der Waals surface area contributed by atoms with Gasteiger partial charge in [0.2, 0.25) is 0 Å². The lowest BCUT2D eigenvalue weighted by Gasteiger charge is -2.18. The van der Waals surface area contributed by atoms with Crippen molar-refractivity contribution in [3.63, 3.8) is 0 Å². The van der Waals surface area contributed by atoms with Gasteiger partial charge in [-0.1, -0.05) is 63.2 Å². The van der Waals surface area contributed by atoms with E-state index in [2.05, 4.69) is 26.8 Å². The summed E-state index contributed by atoms with van der Waals surface area (Å²) in [4.78, 5) is 0. The van der Waals surface area contributed by atoms with Gasteiger partial charge in [0.25, 0.3) is 0 Å². The highest BCUT2D eigenvalue weighted by molar-refractivity contribution is 5.89. The molecule has 0 heterocycles. The summed E-state index contributed by atoms with van der Waals surface area (Å²) >= 11 is 0. The number of nitriles is 1. The molecule has 21 heavy (non-hydrogen) atoms. The van der Waals surface area contributed by atoms with E-state index in [4.69, 9.17) is 0 Å². The number of hydrogen-bond donors (Lipinski definition) is 0. The summed E-state index contributed by atoms with van der Waals surface area (Å²) in [6.45, 7) is 6.45. The van der Waals surface area contributed by atoms with Crippen LogP contribution in [-0.2, 0) is 5.41 Å². The summed E-state index contributed by atoms with van der Waals surface area (Å²) in [5.41, 5.74) is 2.87. The summed E-state index contributed by atoms with van der Waals surface area (Å²) in [5.74, 6) is -0.378. The minimum Gasteiger partial charge on any atom is -0.206 e. The molecule has 0 fully saturated rings. The largest absolute Gasteiger partial charge is 0.206 e. The zero-order chi connectivity index (χ0) is 15.5. The van der Waals surface area contributed by atoms with E-state index in [0.717, 1.165) is 5.56 Å². The zero-order valence-electron chi connectivity index (χ0n) is 12.5. The molecule has 2 aromatic carbocycles. The fourth-order valence-corrected chi connectivity index (χ4v) is 2.10. The predicted octanol–water partition coefficient (Wildman–Crippen LogP) is 5.19. The maximum Gasteiger partial charge on any atom is 0.131 e. The topological polar surface area (TPSA) is 23.8 Å². The van der Waals surface area contributed by atoms with Crippen molar-refractivity contribution in [1.82, 2.24) is 0 Å². The maximum absolute atomic E-state index is 13.8. The smallest absolute Gasteiger partial charge is 0.131 e. The lowest BCUT2D eigenvalue weighted by atomic mass is 9.86. The van der Waals surface area contributed by atoms with Gasteiger partial charge < -0.3 is 0 Å². The lowest BCUT2D eigenvalue weighted by Crippen LogP contribution is -2.10. The fraction of sp³-hybridized carbons (Fsp3) is 0.211. The first kappa shape index (κ1) is 15.0. The van der Waals surface area contributed by atoms with E-state index < -0.39 is 0 Å². The highest BCUT2D eigenvalue weighted by atomic mass is 19.1. The Hall–Kier alpha value is -2.40. The van der Waals surface area contributed by atoms with Crippen LogP contribution in [0.1, 0.15) is 37.5 Å². The first-order chi connectivity index (χ1) is 9.91. The van der Waals surface area contributed by atoms with E-state index >= 15 is 0 Å². The predicted molar refractivity (Wildman–Crippen MR) is 85.0 cm³/mol. The van der Waals surface area contributed by atoms with Gasteiger partial charge in [-0.25, -0.2) is 4.39 Å². The molecular formula is C19H18FN. The van der Waals surface area contributed by atoms with Gasteiger partial charge in [0.1, 0.15) is 5.82 Å². The van der Waals surface area contributed by atoms with Crippen LogP contribution >= 0.6 is 0 Å². The van der Waals surface area contributed by atoms with Crippen molar-refractivity contribution in [3.8, 4) is 6.07 Å². The molecule has 106 valence electrons. The highest BCUT2D eigenvalue weighted by Gasteiger charge is 2.13. The standard InChI is InChI=1S/C19H18FN/c1-19(2,3)16-10-8-14(9-11-16)12-15(13-21)17-6-4-5-7-18(17)20/h4-12H,1-3H3/b15-12-. The van der Waals surface area contributed by atoms with Crippen LogP contribution in [0.2, 0.25) is 0 Å². The molecule has 2 aromatic rings. The van der Waals surface area contributed by atoms with Gasteiger partial charge in [-0.05, 0) is 28.7 Å². The molecule has 0 bridgehead atoms. The molecule has 0 aromatic heterocycles. The van der Waals surface area contributed by atoms with Crippen LogP contribution in [0.15, 0.2) is 48.5 Å². The minimum absolute atomic E-state index is 0.0891. The normalized spacial score (nSPS) is 12.0. The Morgan fingerprint density at radius 3 is 2.19 bits per heavy atom. The summed E-state index contributed by atoms with van der Waals surface area (Å²) in [5, 5.41) is 9.26. The van der Waals surface area contributed by atoms with Gasteiger partial charge in [-0.2, -0.15) is 5.26 Å². The second-order valence-electron chi connectivity index (χ2n) is 6.02. The Labute approximate surface area is 125 Å². The van der Waals surface area contributed by atoms with Crippen molar-refractivity contribution in [2.45, 2.75) is 26.2 Å². The molecule has 0 saturated carbocycles. The van der Waals surface area contributed by atoms with Crippen LogP contribution in [0, 0.1) is 17.1 Å². The fourth-order valence-electron chi connectivity index (χ4n) is 2.10. The van der Waals surface area contributed by atoms with Crippen molar-refractivity contribution < 1.29 is 4.39 Å². The third-order valence-corrected chi connectivity index (χ3v) is 3.37. The van der Waals surface area contributed by atoms with Crippen LogP contribution in [0.3, 0.4) is 0 Å². The number of rotatable bonds is 2. The first-order valence-electron chi connectivity index (χ1n) is 6.89. The van der Waals surface area contributed by atoms with Crippen molar-refractivity contribution in [2.24, 2.45) is 0 Å². The lowest BCUT2D eigenvalue weighted by molar-refractivity contribution is 0.590. The number of hydrogen-bond acceptors (Lipinski definition) is 1. The van der Waals surface area contributed by atoms with E-state index in [1.807, 2.05) is 24.3 Å². The minimum atomic E-state index is -0.378. The Bertz CT molecular complexity index is 698.